The Balaban J connectivity index is 2.13. The molecule has 1 fully saturated rings. The van der Waals surface area contributed by atoms with Gasteiger partial charge in [0.25, 0.3) is 0 Å². The van der Waals surface area contributed by atoms with Gasteiger partial charge in [-0.2, -0.15) is 0 Å². The van der Waals surface area contributed by atoms with Crippen molar-refractivity contribution >= 4 is 0 Å². The van der Waals surface area contributed by atoms with E-state index >= 15 is 0 Å². The Labute approximate surface area is 66.6 Å². The third-order valence-electron chi connectivity index (χ3n) is 1.89. The van der Waals surface area contributed by atoms with E-state index < -0.39 is 6.10 Å². The molecule has 0 spiro atoms. The van der Waals surface area contributed by atoms with Crippen molar-refractivity contribution in [1.82, 2.24) is 10.6 Å². The van der Waals surface area contributed by atoms with E-state index in [1.807, 2.05) is 0 Å². The first-order valence-corrected chi connectivity index (χ1v) is 4.06. The first kappa shape index (κ1) is 8.93. The molecule has 2 unspecified atom stereocenters. The van der Waals surface area contributed by atoms with Gasteiger partial charge in [0.2, 0.25) is 0 Å². The molecule has 0 aromatic heterocycles. The summed E-state index contributed by atoms with van der Waals surface area (Å²) in [7, 11) is 0. The fourth-order valence-corrected chi connectivity index (χ4v) is 1.28. The highest BCUT2D eigenvalue weighted by atomic mass is 16.3. The molecule has 0 aromatic rings. The molecule has 66 valence electrons. The number of aliphatic hydroxyl groups is 2. The number of hydrogen-bond acceptors (Lipinski definition) is 4. The van der Waals surface area contributed by atoms with E-state index in [2.05, 4.69) is 10.6 Å². The van der Waals surface area contributed by atoms with Crippen LogP contribution < -0.4 is 10.6 Å². The molecule has 2 atom stereocenters. The smallest absolute Gasteiger partial charge is 0.0786 e. The quantitative estimate of drug-likeness (QED) is 0.397. The molecular formula is C7H16N2O2. The third kappa shape index (κ3) is 3.16. The Morgan fingerprint density at radius 1 is 1.45 bits per heavy atom. The lowest BCUT2D eigenvalue weighted by molar-refractivity contribution is 0.0774. The predicted octanol–water partition coefficient (Wildman–Crippen LogP) is -1.71. The minimum Gasteiger partial charge on any atom is -0.394 e. The zero-order valence-electron chi connectivity index (χ0n) is 6.58. The van der Waals surface area contributed by atoms with Gasteiger partial charge in [-0.05, 0) is 6.42 Å². The first-order valence-electron chi connectivity index (χ1n) is 4.06. The maximum atomic E-state index is 9.09. The second-order valence-electron chi connectivity index (χ2n) is 2.93. The molecule has 1 aliphatic rings. The second-order valence-corrected chi connectivity index (χ2v) is 2.93. The average Bonchev–Trinajstić information content (AvgIpc) is 2.06. The summed E-state index contributed by atoms with van der Waals surface area (Å²) in [5, 5.41) is 24.1. The molecule has 1 aliphatic heterocycles. The van der Waals surface area contributed by atoms with Crippen LogP contribution in [0, 0.1) is 0 Å². The minimum atomic E-state index is -0.576. The van der Waals surface area contributed by atoms with Crippen molar-refractivity contribution in [1.29, 1.82) is 0 Å². The van der Waals surface area contributed by atoms with Gasteiger partial charge < -0.3 is 20.8 Å². The first-order chi connectivity index (χ1) is 5.33. The van der Waals surface area contributed by atoms with Crippen LogP contribution in [0.1, 0.15) is 6.42 Å². The standard InChI is InChI=1S/C7H16N2O2/c10-5-7(11)3-6-4-8-1-2-9-6/h6-11H,1-5H2. The van der Waals surface area contributed by atoms with E-state index in [1.54, 1.807) is 0 Å². The van der Waals surface area contributed by atoms with Crippen LogP contribution in [-0.4, -0.2) is 48.6 Å². The number of hydrogen-bond donors (Lipinski definition) is 4. The summed E-state index contributed by atoms with van der Waals surface area (Å²) in [6, 6.07) is 0.311. The Hall–Kier alpha value is -0.160. The van der Waals surface area contributed by atoms with Gasteiger partial charge in [0.05, 0.1) is 12.7 Å². The molecule has 11 heavy (non-hydrogen) atoms. The summed E-state index contributed by atoms with van der Waals surface area (Å²) >= 11 is 0. The zero-order chi connectivity index (χ0) is 8.10. The van der Waals surface area contributed by atoms with Crippen LogP contribution in [0.25, 0.3) is 0 Å². The van der Waals surface area contributed by atoms with Crippen molar-refractivity contribution in [2.24, 2.45) is 0 Å². The summed E-state index contributed by atoms with van der Waals surface area (Å²) < 4.78 is 0. The van der Waals surface area contributed by atoms with Crippen LogP contribution in [0.4, 0.5) is 0 Å². The van der Waals surface area contributed by atoms with E-state index in [0.29, 0.717) is 12.5 Å². The molecule has 0 radical (unpaired) electrons. The number of piperazine rings is 1. The highest BCUT2D eigenvalue weighted by molar-refractivity contribution is 4.77. The van der Waals surface area contributed by atoms with Gasteiger partial charge in [0.15, 0.2) is 0 Å². The lowest BCUT2D eigenvalue weighted by atomic mass is 10.1. The Morgan fingerprint density at radius 2 is 2.27 bits per heavy atom. The Bertz CT molecular complexity index is 105. The van der Waals surface area contributed by atoms with Crippen molar-refractivity contribution in [3.05, 3.63) is 0 Å². The maximum Gasteiger partial charge on any atom is 0.0786 e. The van der Waals surface area contributed by atoms with E-state index in [0.717, 1.165) is 19.6 Å². The van der Waals surface area contributed by atoms with Crippen LogP contribution in [0.15, 0.2) is 0 Å². The summed E-state index contributed by atoms with van der Waals surface area (Å²) in [4.78, 5) is 0. The zero-order valence-corrected chi connectivity index (χ0v) is 6.58. The van der Waals surface area contributed by atoms with Gasteiger partial charge in [0, 0.05) is 25.7 Å². The molecule has 0 bridgehead atoms. The summed E-state index contributed by atoms with van der Waals surface area (Å²) in [5.41, 5.74) is 0. The largest absolute Gasteiger partial charge is 0.394 e. The lowest BCUT2D eigenvalue weighted by Crippen LogP contribution is -2.49. The van der Waals surface area contributed by atoms with Gasteiger partial charge >= 0.3 is 0 Å². The van der Waals surface area contributed by atoms with Gasteiger partial charge in [-0.3, -0.25) is 0 Å². The molecule has 1 heterocycles. The van der Waals surface area contributed by atoms with Crippen molar-refractivity contribution in [2.45, 2.75) is 18.6 Å². The SMILES string of the molecule is OCC(O)CC1CNCCN1. The Kier molecular flexibility index (Phi) is 3.79. The van der Waals surface area contributed by atoms with Crippen LogP contribution >= 0.6 is 0 Å². The van der Waals surface area contributed by atoms with E-state index in [9.17, 15) is 0 Å². The Morgan fingerprint density at radius 3 is 2.82 bits per heavy atom. The minimum absolute atomic E-state index is 0.141. The summed E-state index contributed by atoms with van der Waals surface area (Å²) in [6.07, 6.45) is 0.0520. The fraction of sp³-hybridized carbons (Fsp3) is 1.00. The van der Waals surface area contributed by atoms with Gasteiger partial charge in [-0.15, -0.1) is 0 Å². The fourth-order valence-electron chi connectivity index (χ4n) is 1.28. The highest BCUT2D eigenvalue weighted by Gasteiger charge is 2.15. The van der Waals surface area contributed by atoms with Gasteiger partial charge in [-0.1, -0.05) is 0 Å². The number of nitrogens with one attached hydrogen (secondary N) is 2. The predicted molar refractivity (Wildman–Crippen MR) is 42.4 cm³/mol. The molecule has 4 nitrogen and oxygen atoms in total. The second kappa shape index (κ2) is 4.66. The molecule has 1 rings (SSSR count). The lowest BCUT2D eigenvalue weighted by Gasteiger charge is -2.25. The summed E-state index contributed by atoms with van der Waals surface area (Å²) in [5.74, 6) is 0. The molecule has 0 aromatic carbocycles. The molecule has 4 heteroatoms. The molecule has 1 saturated heterocycles. The monoisotopic (exact) mass is 160 g/mol. The maximum absolute atomic E-state index is 9.09. The highest BCUT2D eigenvalue weighted by Crippen LogP contribution is 1.98. The molecule has 4 N–H and O–H groups in total. The summed E-state index contributed by atoms with van der Waals surface area (Å²) in [6.45, 7) is 2.68. The van der Waals surface area contributed by atoms with E-state index in [4.69, 9.17) is 10.2 Å². The van der Waals surface area contributed by atoms with Crippen LogP contribution in [0.3, 0.4) is 0 Å². The normalized spacial score (nSPS) is 28.4. The van der Waals surface area contributed by atoms with Crippen LogP contribution in [0.2, 0.25) is 0 Å². The van der Waals surface area contributed by atoms with E-state index in [1.165, 1.54) is 0 Å². The van der Waals surface area contributed by atoms with Crippen LogP contribution in [-0.2, 0) is 0 Å². The van der Waals surface area contributed by atoms with Gasteiger partial charge in [0.1, 0.15) is 0 Å². The number of rotatable bonds is 3. The van der Waals surface area contributed by atoms with Crippen molar-refractivity contribution in [2.75, 3.05) is 26.2 Å². The molecular weight excluding hydrogens is 144 g/mol. The van der Waals surface area contributed by atoms with Crippen molar-refractivity contribution in [3.8, 4) is 0 Å². The van der Waals surface area contributed by atoms with E-state index in [-0.39, 0.29) is 6.61 Å². The van der Waals surface area contributed by atoms with Crippen molar-refractivity contribution in [3.63, 3.8) is 0 Å². The number of aliphatic hydroxyl groups excluding tert-OH is 2. The average molecular weight is 160 g/mol. The molecule has 0 aliphatic carbocycles. The van der Waals surface area contributed by atoms with Crippen LogP contribution in [0.5, 0.6) is 0 Å². The van der Waals surface area contributed by atoms with Crippen molar-refractivity contribution < 1.29 is 10.2 Å². The topological polar surface area (TPSA) is 64.5 Å². The van der Waals surface area contributed by atoms with Gasteiger partial charge in [-0.25, -0.2) is 0 Å². The molecule has 0 saturated carbocycles. The molecule has 0 amide bonds. The third-order valence-corrected chi connectivity index (χ3v) is 1.89.